The maximum atomic E-state index is 10.3. The first-order valence-corrected chi connectivity index (χ1v) is 15.2. The second-order valence-corrected chi connectivity index (χ2v) is 11.3. The van der Waals surface area contributed by atoms with Gasteiger partial charge in [0.2, 0.25) is 0 Å². The zero-order valence-corrected chi connectivity index (χ0v) is 24.7. The van der Waals surface area contributed by atoms with Crippen LogP contribution >= 0.6 is 0 Å². The molecule has 1 heterocycles. The topological polar surface area (TPSA) is 71.4 Å². The van der Waals surface area contributed by atoms with Crippen LogP contribution in [-0.4, -0.2) is 58.7 Å². The Balaban J connectivity index is 1.45. The second-order valence-electron chi connectivity index (χ2n) is 11.3. The molecular formula is C37H43NO5. The lowest BCUT2D eigenvalue weighted by atomic mass is 9.97. The average molecular weight is 582 g/mol. The summed E-state index contributed by atoms with van der Waals surface area (Å²) >= 11 is 0. The van der Waals surface area contributed by atoms with Crippen molar-refractivity contribution in [1.82, 2.24) is 4.90 Å². The lowest BCUT2D eigenvalue weighted by molar-refractivity contribution is -0.105. The van der Waals surface area contributed by atoms with Crippen molar-refractivity contribution in [3.8, 4) is 0 Å². The van der Waals surface area contributed by atoms with E-state index in [9.17, 15) is 10.2 Å². The monoisotopic (exact) mass is 581 g/mol. The molecule has 1 aliphatic rings. The van der Waals surface area contributed by atoms with Crippen molar-refractivity contribution in [2.45, 2.75) is 69.7 Å². The molecule has 0 amide bonds. The van der Waals surface area contributed by atoms with Crippen LogP contribution in [-0.2, 0) is 40.6 Å². The summed E-state index contributed by atoms with van der Waals surface area (Å²) in [4.78, 5) is 2.42. The molecule has 4 aromatic rings. The first-order chi connectivity index (χ1) is 21.2. The maximum Gasteiger partial charge on any atom is 0.103 e. The molecule has 0 saturated carbocycles. The fourth-order valence-corrected chi connectivity index (χ4v) is 5.79. The molecule has 0 spiro atoms. The van der Waals surface area contributed by atoms with E-state index >= 15 is 0 Å². The fraction of sp³-hybridized carbons (Fsp3) is 0.351. The van der Waals surface area contributed by atoms with Crippen molar-refractivity contribution < 1.29 is 24.4 Å². The van der Waals surface area contributed by atoms with E-state index in [2.05, 4.69) is 65.6 Å². The van der Waals surface area contributed by atoms with Gasteiger partial charge in [-0.15, -0.1) is 0 Å². The molecular weight excluding hydrogens is 538 g/mol. The van der Waals surface area contributed by atoms with E-state index < -0.39 is 6.10 Å². The van der Waals surface area contributed by atoms with Crippen LogP contribution in [0.1, 0.15) is 35.1 Å². The molecule has 0 aliphatic carbocycles. The molecule has 0 aromatic heterocycles. The number of hydrogen-bond donors (Lipinski definition) is 2. The number of rotatable bonds is 16. The Hall–Kier alpha value is -3.36. The van der Waals surface area contributed by atoms with Crippen LogP contribution in [0.25, 0.3) is 0 Å². The number of aliphatic hydroxyl groups is 2. The number of ether oxygens (including phenoxy) is 3. The average Bonchev–Trinajstić information content (AvgIpc) is 3.40. The van der Waals surface area contributed by atoms with Gasteiger partial charge in [0.1, 0.15) is 6.10 Å². The highest BCUT2D eigenvalue weighted by Crippen LogP contribution is 2.33. The van der Waals surface area contributed by atoms with E-state index in [-0.39, 0.29) is 31.0 Å². The Labute approximate surface area is 255 Å². The van der Waals surface area contributed by atoms with Crippen LogP contribution in [0, 0.1) is 0 Å². The van der Waals surface area contributed by atoms with Crippen LogP contribution in [0.3, 0.4) is 0 Å². The SMILES string of the molecule is OCC(O)CC[C@H](OCc1ccccc1)[C@H]1[C@H](OCc2ccccc2)[C@@H](OCc2ccccc2)CN1Cc1ccccc1. The Kier molecular flexibility index (Phi) is 11.9. The Bertz CT molecular complexity index is 1310. The molecule has 0 radical (unpaired) electrons. The molecule has 5 atom stereocenters. The molecule has 226 valence electrons. The van der Waals surface area contributed by atoms with E-state index in [1.54, 1.807) is 0 Å². The highest BCUT2D eigenvalue weighted by atomic mass is 16.5. The fourth-order valence-electron chi connectivity index (χ4n) is 5.79. The molecule has 1 saturated heterocycles. The summed E-state index contributed by atoms with van der Waals surface area (Å²) in [6, 6.07) is 40.9. The quantitative estimate of drug-likeness (QED) is 0.175. The molecule has 0 bridgehead atoms. The van der Waals surface area contributed by atoms with Crippen LogP contribution in [0.15, 0.2) is 121 Å². The summed E-state index contributed by atoms with van der Waals surface area (Å²) in [5.74, 6) is 0. The van der Waals surface area contributed by atoms with Crippen LogP contribution in [0.2, 0.25) is 0 Å². The van der Waals surface area contributed by atoms with Crippen molar-refractivity contribution in [2.75, 3.05) is 13.2 Å². The zero-order valence-electron chi connectivity index (χ0n) is 24.7. The molecule has 1 aliphatic heterocycles. The number of hydrogen-bond acceptors (Lipinski definition) is 6. The lowest BCUT2D eigenvalue weighted by Gasteiger charge is -2.35. The maximum absolute atomic E-state index is 10.3. The van der Waals surface area contributed by atoms with Gasteiger partial charge in [-0.2, -0.15) is 0 Å². The van der Waals surface area contributed by atoms with E-state index in [4.69, 9.17) is 14.2 Å². The third-order valence-electron chi connectivity index (χ3n) is 8.04. The van der Waals surface area contributed by atoms with Gasteiger partial charge in [-0.05, 0) is 35.1 Å². The normalized spacial score (nSPS) is 20.2. The number of aliphatic hydroxyl groups excluding tert-OH is 2. The first kappa shape index (κ1) is 31.1. The van der Waals surface area contributed by atoms with Gasteiger partial charge in [-0.3, -0.25) is 4.90 Å². The number of benzene rings is 4. The summed E-state index contributed by atoms with van der Waals surface area (Å²) in [6.07, 6.45) is -0.548. The number of nitrogens with zero attached hydrogens (tertiary/aromatic N) is 1. The minimum Gasteiger partial charge on any atom is -0.394 e. The van der Waals surface area contributed by atoms with Gasteiger partial charge >= 0.3 is 0 Å². The number of likely N-dealkylation sites (tertiary alicyclic amines) is 1. The van der Waals surface area contributed by atoms with E-state index in [0.717, 1.165) is 23.2 Å². The van der Waals surface area contributed by atoms with Crippen molar-refractivity contribution >= 4 is 0 Å². The zero-order chi connectivity index (χ0) is 29.7. The summed E-state index contributed by atoms with van der Waals surface area (Å²) in [6.45, 7) is 2.51. The summed E-state index contributed by atoms with van der Waals surface area (Å²) in [5, 5.41) is 19.9. The largest absolute Gasteiger partial charge is 0.394 e. The van der Waals surface area contributed by atoms with E-state index in [0.29, 0.717) is 39.2 Å². The second kappa shape index (κ2) is 16.5. The van der Waals surface area contributed by atoms with Gasteiger partial charge in [0.25, 0.3) is 0 Å². The Morgan fingerprint density at radius 3 is 1.65 bits per heavy atom. The highest BCUT2D eigenvalue weighted by molar-refractivity contribution is 5.18. The standard InChI is InChI=1S/C37H43NO5/c39-25-33(40)21-22-34(41-26-30-15-7-2-8-16-30)36-37(43-28-32-19-11-4-12-20-32)35(42-27-31-17-9-3-10-18-31)24-38(36)23-29-13-5-1-6-14-29/h1-20,33-37,39-40H,21-28H2/t33?,34-,35-,36-,37+/m0/s1. The Morgan fingerprint density at radius 1 is 0.628 bits per heavy atom. The van der Waals surface area contributed by atoms with Crippen LogP contribution in [0.5, 0.6) is 0 Å². The van der Waals surface area contributed by atoms with Gasteiger partial charge in [0.05, 0.1) is 50.8 Å². The summed E-state index contributed by atoms with van der Waals surface area (Å²) in [5.41, 5.74) is 4.50. The molecule has 4 aromatic carbocycles. The van der Waals surface area contributed by atoms with Gasteiger partial charge in [0.15, 0.2) is 0 Å². The third-order valence-corrected chi connectivity index (χ3v) is 8.04. The Morgan fingerprint density at radius 2 is 1.12 bits per heavy atom. The van der Waals surface area contributed by atoms with Crippen molar-refractivity contribution in [2.24, 2.45) is 0 Å². The van der Waals surface area contributed by atoms with Gasteiger partial charge in [0, 0.05) is 13.1 Å². The van der Waals surface area contributed by atoms with Gasteiger partial charge in [-0.25, -0.2) is 0 Å². The predicted molar refractivity (Wildman–Crippen MR) is 168 cm³/mol. The minimum atomic E-state index is -0.805. The smallest absolute Gasteiger partial charge is 0.103 e. The molecule has 43 heavy (non-hydrogen) atoms. The van der Waals surface area contributed by atoms with Crippen molar-refractivity contribution in [3.63, 3.8) is 0 Å². The first-order valence-electron chi connectivity index (χ1n) is 15.2. The van der Waals surface area contributed by atoms with Crippen molar-refractivity contribution in [1.29, 1.82) is 0 Å². The molecule has 5 rings (SSSR count). The van der Waals surface area contributed by atoms with Crippen LogP contribution in [0.4, 0.5) is 0 Å². The summed E-state index contributed by atoms with van der Waals surface area (Å²) in [7, 11) is 0. The molecule has 1 fully saturated rings. The highest BCUT2D eigenvalue weighted by Gasteiger charge is 2.47. The lowest BCUT2D eigenvalue weighted by Crippen LogP contribution is -2.48. The minimum absolute atomic E-state index is 0.140. The van der Waals surface area contributed by atoms with E-state index in [1.807, 2.05) is 60.7 Å². The van der Waals surface area contributed by atoms with Gasteiger partial charge < -0.3 is 24.4 Å². The molecule has 1 unspecified atom stereocenters. The predicted octanol–water partition coefficient (Wildman–Crippen LogP) is 5.76. The van der Waals surface area contributed by atoms with Crippen LogP contribution < -0.4 is 0 Å². The molecule has 6 heteroatoms. The molecule has 2 N–H and O–H groups in total. The summed E-state index contributed by atoms with van der Waals surface area (Å²) < 4.78 is 20.1. The third kappa shape index (κ3) is 9.31. The van der Waals surface area contributed by atoms with E-state index in [1.165, 1.54) is 5.56 Å². The molecule has 6 nitrogen and oxygen atoms in total. The van der Waals surface area contributed by atoms with Gasteiger partial charge in [-0.1, -0.05) is 121 Å². The van der Waals surface area contributed by atoms with Crippen molar-refractivity contribution in [3.05, 3.63) is 144 Å².